The lowest BCUT2D eigenvalue weighted by atomic mass is 10.2. The number of amides is 2. The first-order valence-electron chi connectivity index (χ1n) is 6.01. The molecule has 6 heteroatoms. The maximum Gasteiger partial charge on any atom is 0.242 e. The summed E-state index contributed by atoms with van der Waals surface area (Å²) in [4.78, 5) is 23.0. The van der Waals surface area contributed by atoms with Crippen molar-refractivity contribution < 1.29 is 14.3 Å². The topological polar surface area (TPSA) is 79.5 Å². The number of likely N-dealkylation sites (N-methyl/N-ethyl adjacent to an activating group) is 1. The molecule has 0 radical (unpaired) electrons. The van der Waals surface area contributed by atoms with Gasteiger partial charge < -0.3 is 20.7 Å². The molecule has 0 saturated carbocycles. The normalized spacial score (nSPS) is 21.6. The fraction of sp³-hybridized carbons (Fsp3) is 0.818. The number of rotatable bonds is 5. The minimum Gasteiger partial charge on any atom is -0.378 e. The summed E-state index contributed by atoms with van der Waals surface area (Å²) < 4.78 is 5.25. The standard InChI is InChI=1S/C11H21N3O3/c1-3-12-11(16)8(2)14-10(15)6-9-7-17-5-4-13-9/h8-9,13H,3-7H2,1-2H3,(H,12,16)(H,14,15). The molecule has 0 aromatic heterocycles. The highest BCUT2D eigenvalue weighted by atomic mass is 16.5. The lowest BCUT2D eigenvalue weighted by Crippen LogP contribution is -2.48. The van der Waals surface area contributed by atoms with Crippen LogP contribution in [-0.4, -0.2) is 50.2 Å². The van der Waals surface area contributed by atoms with Crippen molar-refractivity contribution in [1.29, 1.82) is 0 Å². The molecule has 0 spiro atoms. The Morgan fingerprint density at radius 2 is 2.29 bits per heavy atom. The third-order valence-electron chi connectivity index (χ3n) is 2.55. The van der Waals surface area contributed by atoms with E-state index in [4.69, 9.17) is 4.74 Å². The van der Waals surface area contributed by atoms with Crippen molar-refractivity contribution >= 4 is 11.8 Å². The number of carbonyl (C=O) groups is 2. The lowest BCUT2D eigenvalue weighted by molar-refractivity contribution is -0.129. The van der Waals surface area contributed by atoms with Crippen LogP contribution in [0.15, 0.2) is 0 Å². The summed E-state index contributed by atoms with van der Waals surface area (Å²) in [6, 6.07) is -0.447. The fourth-order valence-electron chi connectivity index (χ4n) is 1.67. The molecule has 2 unspecified atom stereocenters. The Morgan fingerprint density at radius 1 is 1.53 bits per heavy atom. The minimum absolute atomic E-state index is 0.0465. The van der Waals surface area contributed by atoms with Crippen LogP contribution < -0.4 is 16.0 Å². The maximum absolute atomic E-state index is 11.6. The first-order valence-corrected chi connectivity index (χ1v) is 6.01. The average Bonchev–Trinajstić information content (AvgIpc) is 2.30. The summed E-state index contributed by atoms with van der Waals surface area (Å²) in [7, 11) is 0. The van der Waals surface area contributed by atoms with Gasteiger partial charge in [-0.1, -0.05) is 0 Å². The van der Waals surface area contributed by atoms with Crippen LogP contribution in [0.25, 0.3) is 0 Å². The van der Waals surface area contributed by atoms with Gasteiger partial charge in [0, 0.05) is 25.6 Å². The van der Waals surface area contributed by atoms with E-state index in [-0.39, 0.29) is 17.9 Å². The molecular formula is C11H21N3O3. The van der Waals surface area contributed by atoms with Gasteiger partial charge in [-0.3, -0.25) is 9.59 Å². The molecular weight excluding hydrogens is 222 g/mol. The number of ether oxygens (including phenoxy) is 1. The van der Waals surface area contributed by atoms with Gasteiger partial charge in [0.2, 0.25) is 11.8 Å². The molecule has 2 amide bonds. The van der Waals surface area contributed by atoms with Crippen molar-refractivity contribution in [3.8, 4) is 0 Å². The third kappa shape index (κ3) is 5.14. The van der Waals surface area contributed by atoms with Crippen LogP contribution in [0, 0.1) is 0 Å². The van der Waals surface area contributed by atoms with Gasteiger partial charge in [0.05, 0.1) is 13.2 Å². The highest BCUT2D eigenvalue weighted by Gasteiger charge is 2.19. The average molecular weight is 243 g/mol. The van der Waals surface area contributed by atoms with Crippen molar-refractivity contribution in [3.05, 3.63) is 0 Å². The molecule has 0 aromatic rings. The molecule has 3 N–H and O–H groups in total. The Morgan fingerprint density at radius 3 is 2.88 bits per heavy atom. The van der Waals surface area contributed by atoms with E-state index in [9.17, 15) is 9.59 Å². The zero-order chi connectivity index (χ0) is 12.7. The fourth-order valence-corrected chi connectivity index (χ4v) is 1.67. The molecule has 1 rings (SSSR count). The number of hydrogen-bond donors (Lipinski definition) is 3. The zero-order valence-electron chi connectivity index (χ0n) is 10.4. The summed E-state index contributed by atoms with van der Waals surface area (Å²) in [5, 5.41) is 8.52. The van der Waals surface area contributed by atoms with Crippen LogP contribution in [0.2, 0.25) is 0 Å². The number of hydrogen-bond acceptors (Lipinski definition) is 4. The van der Waals surface area contributed by atoms with Crippen molar-refractivity contribution in [2.45, 2.75) is 32.4 Å². The van der Waals surface area contributed by atoms with E-state index in [2.05, 4.69) is 16.0 Å². The van der Waals surface area contributed by atoms with Crippen LogP contribution in [-0.2, 0) is 14.3 Å². The van der Waals surface area contributed by atoms with Crippen molar-refractivity contribution in [2.24, 2.45) is 0 Å². The van der Waals surface area contributed by atoms with Gasteiger partial charge in [0.15, 0.2) is 0 Å². The molecule has 1 aliphatic heterocycles. The van der Waals surface area contributed by atoms with E-state index in [0.29, 0.717) is 26.2 Å². The summed E-state index contributed by atoms with van der Waals surface area (Å²) in [5.41, 5.74) is 0. The molecule has 2 atom stereocenters. The summed E-state index contributed by atoms with van der Waals surface area (Å²) in [5.74, 6) is -0.291. The van der Waals surface area contributed by atoms with Crippen LogP contribution in [0.1, 0.15) is 20.3 Å². The predicted octanol–water partition coefficient (Wildman–Crippen LogP) is -0.994. The van der Waals surface area contributed by atoms with E-state index in [0.717, 1.165) is 6.54 Å². The molecule has 1 saturated heterocycles. The van der Waals surface area contributed by atoms with Crippen LogP contribution in [0.3, 0.4) is 0 Å². The molecule has 98 valence electrons. The smallest absolute Gasteiger partial charge is 0.242 e. The first-order chi connectivity index (χ1) is 8.13. The van der Waals surface area contributed by atoms with Gasteiger partial charge in [-0.15, -0.1) is 0 Å². The highest BCUT2D eigenvalue weighted by Crippen LogP contribution is 1.98. The Hall–Kier alpha value is -1.14. The number of carbonyl (C=O) groups excluding carboxylic acids is 2. The molecule has 6 nitrogen and oxygen atoms in total. The van der Waals surface area contributed by atoms with E-state index < -0.39 is 6.04 Å². The molecule has 1 fully saturated rings. The van der Waals surface area contributed by atoms with Crippen LogP contribution in [0.5, 0.6) is 0 Å². The van der Waals surface area contributed by atoms with Gasteiger partial charge in [-0.05, 0) is 13.8 Å². The van der Waals surface area contributed by atoms with E-state index >= 15 is 0 Å². The van der Waals surface area contributed by atoms with Gasteiger partial charge >= 0.3 is 0 Å². The summed E-state index contributed by atoms with van der Waals surface area (Å²) in [6.07, 6.45) is 0.337. The monoisotopic (exact) mass is 243 g/mol. The van der Waals surface area contributed by atoms with Crippen molar-refractivity contribution in [3.63, 3.8) is 0 Å². The minimum atomic E-state index is -0.494. The molecule has 0 bridgehead atoms. The molecule has 1 heterocycles. The molecule has 0 aliphatic carbocycles. The Bertz CT molecular complexity index is 265. The van der Waals surface area contributed by atoms with Gasteiger partial charge in [0.25, 0.3) is 0 Å². The van der Waals surface area contributed by atoms with Crippen LogP contribution >= 0.6 is 0 Å². The number of nitrogens with one attached hydrogen (secondary N) is 3. The Kier molecular flexibility index (Phi) is 5.93. The first kappa shape index (κ1) is 13.9. The van der Waals surface area contributed by atoms with Gasteiger partial charge in [-0.2, -0.15) is 0 Å². The van der Waals surface area contributed by atoms with Crippen LogP contribution in [0.4, 0.5) is 0 Å². The Balaban J connectivity index is 2.25. The predicted molar refractivity (Wildman–Crippen MR) is 63.5 cm³/mol. The zero-order valence-corrected chi connectivity index (χ0v) is 10.4. The SMILES string of the molecule is CCNC(=O)C(C)NC(=O)CC1COCCN1. The van der Waals surface area contributed by atoms with Crippen molar-refractivity contribution in [2.75, 3.05) is 26.3 Å². The van der Waals surface area contributed by atoms with E-state index in [1.807, 2.05) is 6.92 Å². The van der Waals surface area contributed by atoms with Gasteiger partial charge in [-0.25, -0.2) is 0 Å². The Labute approximate surface area is 101 Å². The van der Waals surface area contributed by atoms with E-state index in [1.165, 1.54) is 0 Å². The largest absolute Gasteiger partial charge is 0.378 e. The molecule has 0 aromatic carbocycles. The third-order valence-corrected chi connectivity index (χ3v) is 2.55. The summed E-state index contributed by atoms with van der Waals surface area (Å²) >= 11 is 0. The lowest BCUT2D eigenvalue weighted by Gasteiger charge is -2.23. The second-order valence-electron chi connectivity index (χ2n) is 4.11. The highest BCUT2D eigenvalue weighted by molar-refractivity contribution is 5.87. The molecule has 17 heavy (non-hydrogen) atoms. The summed E-state index contributed by atoms with van der Waals surface area (Å²) in [6.45, 7) is 6.08. The number of morpholine rings is 1. The van der Waals surface area contributed by atoms with Gasteiger partial charge in [0.1, 0.15) is 6.04 Å². The molecule has 1 aliphatic rings. The maximum atomic E-state index is 11.6. The van der Waals surface area contributed by atoms with E-state index in [1.54, 1.807) is 6.92 Å². The second-order valence-corrected chi connectivity index (χ2v) is 4.11. The second kappa shape index (κ2) is 7.24. The quantitative estimate of drug-likeness (QED) is 0.579. The van der Waals surface area contributed by atoms with Crippen molar-refractivity contribution in [1.82, 2.24) is 16.0 Å².